The van der Waals surface area contributed by atoms with Crippen molar-refractivity contribution in [2.75, 3.05) is 13.2 Å². The normalized spacial score (nSPS) is 30.0. The first-order valence-corrected chi connectivity index (χ1v) is 13.9. The van der Waals surface area contributed by atoms with Gasteiger partial charge >= 0.3 is 47.9 Å². The van der Waals surface area contributed by atoms with Gasteiger partial charge in [0.25, 0.3) is 0 Å². The quantitative estimate of drug-likeness (QED) is 0.185. The third kappa shape index (κ3) is 12.0. The van der Waals surface area contributed by atoms with E-state index in [2.05, 4.69) is 0 Å². The molecule has 2 aliphatic rings. The molecule has 0 bridgehead atoms. The number of carbonyl (C=O) groups excluding carboxylic acids is 8. The van der Waals surface area contributed by atoms with Gasteiger partial charge in [0.15, 0.2) is 42.9 Å². The van der Waals surface area contributed by atoms with Gasteiger partial charge in [-0.1, -0.05) is 0 Å². The van der Waals surface area contributed by atoms with Crippen LogP contribution < -0.4 is 5.73 Å². The molecule has 2 rings (SSSR count). The first-order valence-electron chi connectivity index (χ1n) is 13.9. The molecular formula is C27H37NO19. The lowest BCUT2D eigenvalue weighted by Crippen LogP contribution is -2.67. The Morgan fingerprint density at radius 1 is 0.447 bits per heavy atom. The van der Waals surface area contributed by atoms with E-state index in [4.69, 9.17) is 57.8 Å². The standard InChI is InChI=1S/C27H37NO19/c1-10(29)37-8-17-19(39-12(3)31)21(41-14(5)33)24(25(44-17)43-16(7)35)46-26-23(42-15(6)34)22(47-27(28)36)20(40-13(4)32)18(45-26)9-38-11(2)30/h17-26H,8-9H2,1-7H3,(H2,28,36)/t17-,18+,19+,20+,21-,22-,23-,24-,25+,26+/m0/s1. The summed E-state index contributed by atoms with van der Waals surface area (Å²) in [6.07, 6.45) is -18.3. The summed E-state index contributed by atoms with van der Waals surface area (Å²) in [5.41, 5.74) is 5.26. The van der Waals surface area contributed by atoms with Crippen molar-refractivity contribution in [3.8, 4) is 0 Å². The van der Waals surface area contributed by atoms with E-state index in [0.29, 0.717) is 0 Å². The van der Waals surface area contributed by atoms with Crippen LogP contribution in [0.25, 0.3) is 0 Å². The van der Waals surface area contributed by atoms with Gasteiger partial charge in [-0.3, -0.25) is 33.6 Å². The molecule has 0 unspecified atom stereocenters. The molecule has 0 aromatic carbocycles. The zero-order valence-corrected chi connectivity index (χ0v) is 26.5. The van der Waals surface area contributed by atoms with Crippen LogP contribution in [0.15, 0.2) is 0 Å². The number of rotatable bonds is 12. The second kappa shape index (κ2) is 17.4. The summed E-state index contributed by atoms with van der Waals surface area (Å²) in [6.45, 7) is 5.90. The van der Waals surface area contributed by atoms with Gasteiger partial charge in [0, 0.05) is 48.5 Å². The molecule has 0 radical (unpaired) electrons. The molecule has 20 heteroatoms. The Bertz CT molecular complexity index is 1200. The summed E-state index contributed by atoms with van der Waals surface area (Å²) in [7, 11) is 0. The summed E-state index contributed by atoms with van der Waals surface area (Å²) in [4.78, 5) is 96.0. The summed E-state index contributed by atoms with van der Waals surface area (Å²) in [6, 6.07) is 0. The highest BCUT2D eigenvalue weighted by molar-refractivity contribution is 5.69. The number of esters is 7. The molecule has 0 aromatic rings. The molecule has 0 aliphatic carbocycles. The maximum atomic E-state index is 12.3. The molecule has 0 aromatic heterocycles. The summed E-state index contributed by atoms with van der Waals surface area (Å²) >= 11 is 0. The Kier molecular flexibility index (Phi) is 14.3. The van der Waals surface area contributed by atoms with Crippen molar-refractivity contribution in [2.45, 2.75) is 110 Å². The van der Waals surface area contributed by atoms with Crippen molar-refractivity contribution in [3.63, 3.8) is 0 Å². The predicted molar refractivity (Wildman–Crippen MR) is 144 cm³/mol. The fourth-order valence-corrected chi connectivity index (χ4v) is 4.67. The number of hydrogen-bond donors (Lipinski definition) is 1. The SMILES string of the molecule is CC(=O)OC[C@@H]1O[C@@H](OC(C)=O)[C@@H](O[C@H]2O[C@H](COC(C)=O)[C@@H](OC(C)=O)[C@H](OC(N)=O)[C@@H]2OC(C)=O)[C@@H](OC(C)=O)[C@@H]1OC(C)=O. The van der Waals surface area contributed by atoms with Crippen molar-refractivity contribution >= 4 is 47.9 Å². The van der Waals surface area contributed by atoms with Crippen molar-refractivity contribution in [2.24, 2.45) is 5.73 Å². The molecule has 2 fully saturated rings. The molecule has 20 nitrogen and oxygen atoms in total. The first-order chi connectivity index (χ1) is 21.9. The predicted octanol–water partition coefficient (Wildman–Crippen LogP) is -1.30. The van der Waals surface area contributed by atoms with Gasteiger partial charge in [-0.05, 0) is 0 Å². The molecule has 0 saturated carbocycles. The van der Waals surface area contributed by atoms with Gasteiger partial charge < -0.3 is 57.8 Å². The van der Waals surface area contributed by atoms with Gasteiger partial charge in [-0.15, -0.1) is 0 Å². The number of primary amides is 1. The number of amides is 1. The van der Waals surface area contributed by atoms with E-state index in [-0.39, 0.29) is 0 Å². The van der Waals surface area contributed by atoms with Gasteiger partial charge in [-0.25, -0.2) is 4.79 Å². The average molecular weight is 680 g/mol. The third-order valence-corrected chi connectivity index (χ3v) is 6.12. The molecule has 10 atom stereocenters. The maximum absolute atomic E-state index is 12.3. The molecule has 2 aliphatic heterocycles. The Morgan fingerprint density at radius 2 is 0.809 bits per heavy atom. The van der Waals surface area contributed by atoms with Crippen molar-refractivity contribution in [1.82, 2.24) is 0 Å². The van der Waals surface area contributed by atoms with Crippen molar-refractivity contribution < 1.29 is 90.5 Å². The van der Waals surface area contributed by atoms with Crippen LogP contribution in [0.4, 0.5) is 4.79 Å². The van der Waals surface area contributed by atoms with Crippen LogP contribution >= 0.6 is 0 Å². The number of carbonyl (C=O) groups is 8. The Labute approximate surface area is 267 Å². The largest absolute Gasteiger partial charge is 0.463 e. The number of nitrogens with two attached hydrogens (primary N) is 1. The van der Waals surface area contributed by atoms with E-state index in [0.717, 1.165) is 48.5 Å². The van der Waals surface area contributed by atoms with Gasteiger partial charge in [-0.2, -0.15) is 0 Å². The number of ether oxygens (including phenoxy) is 11. The lowest BCUT2D eigenvalue weighted by Gasteiger charge is -2.48. The highest BCUT2D eigenvalue weighted by Crippen LogP contribution is 2.35. The van der Waals surface area contributed by atoms with E-state index in [1.165, 1.54) is 0 Å². The van der Waals surface area contributed by atoms with E-state index in [1.807, 2.05) is 0 Å². The Hall–Kier alpha value is -4.56. The van der Waals surface area contributed by atoms with Crippen LogP contribution in [-0.4, -0.2) is 123 Å². The van der Waals surface area contributed by atoms with E-state index in [1.54, 1.807) is 0 Å². The lowest BCUT2D eigenvalue weighted by molar-refractivity contribution is -0.363. The van der Waals surface area contributed by atoms with Crippen LogP contribution in [0.2, 0.25) is 0 Å². The van der Waals surface area contributed by atoms with Crippen molar-refractivity contribution in [3.05, 3.63) is 0 Å². The average Bonchev–Trinajstić information content (AvgIpc) is 2.91. The molecule has 2 N–H and O–H groups in total. The number of hydrogen-bond acceptors (Lipinski definition) is 19. The van der Waals surface area contributed by atoms with Crippen LogP contribution in [0.1, 0.15) is 48.5 Å². The summed E-state index contributed by atoms with van der Waals surface area (Å²) in [5, 5.41) is 0. The van der Waals surface area contributed by atoms with Crippen LogP contribution in [0, 0.1) is 0 Å². The Morgan fingerprint density at radius 3 is 1.19 bits per heavy atom. The second-order valence-corrected chi connectivity index (χ2v) is 10.1. The van der Waals surface area contributed by atoms with Crippen LogP contribution in [0.5, 0.6) is 0 Å². The molecule has 264 valence electrons. The fourth-order valence-electron chi connectivity index (χ4n) is 4.67. The highest BCUT2D eigenvalue weighted by atomic mass is 16.8. The van der Waals surface area contributed by atoms with Gasteiger partial charge in [0.05, 0.1) is 0 Å². The van der Waals surface area contributed by atoms with E-state index < -0.39 is 123 Å². The monoisotopic (exact) mass is 679 g/mol. The van der Waals surface area contributed by atoms with Gasteiger partial charge in [0.2, 0.25) is 6.29 Å². The highest BCUT2D eigenvalue weighted by Gasteiger charge is 2.58. The van der Waals surface area contributed by atoms with Crippen LogP contribution in [0.3, 0.4) is 0 Å². The fraction of sp³-hybridized carbons (Fsp3) is 0.704. The molecular weight excluding hydrogens is 642 g/mol. The zero-order chi connectivity index (χ0) is 35.6. The first kappa shape index (κ1) is 38.6. The molecule has 47 heavy (non-hydrogen) atoms. The van der Waals surface area contributed by atoms with Gasteiger partial charge in [0.1, 0.15) is 25.4 Å². The topological polar surface area (TPSA) is 264 Å². The molecule has 1 amide bonds. The summed E-state index contributed by atoms with van der Waals surface area (Å²) in [5.74, 6) is -6.26. The zero-order valence-electron chi connectivity index (χ0n) is 26.5. The smallest absolute Gasteiger partial charge is 0.405 e. The van der Waals surface area contributed by atoms with Crippen LogP contribution in [-0.2, 0) is 85.7 Å². The van der Waals surface area contributed by atoms with Crippen molar-refractivity contribution in [1.29, 1.82) is 0 Å². The molecule has 2 heterocycles. The minimum absolute atomic E-state index is 0.575. The maximum Gasteiger partial charge on any atom is 0.405 e. The Balaban J connectivity index is 2.72. The second-order valence-electron chi connectivity index (χ2n) is 10.1. The minimum Gasteiger partial charge on any atom is -0.463 e. The lowest BCUT2D eigenvalue weighted by atomic mass is 9.96. The third-order valence-electron chi connectivity index (χ3n) is 6.12. The summed E-state index contributed by atoms with van der Waals surface area (Å²) < 4.78 is 59.6. The minimum atomic E-state index is -1.91. The molecule has 2 saturated heterocycles. The van der Waals surface area contributed by atoms with E-state index >= 15 is 0 Å². The molecule has 0 spiro atoms. The van der Waals surface area contributed by atoms with E-state index in [9.17, 15) is 38.4 Å².